The molecule has 0 radical (unpaired) electrons. The minimum atomic E-state index is -3.81. The predicted molar refractivity (Wildman–Crippen MR) is 111 cm³/mol. The summed E-state index contributed by atoms with van der Waals surface area (Å²) in [7, 11) is -3.81. The minimum Gasteiger partial charge on any atom is -0.370 e. The molecule has 3 heterocycles. The smallest absolute Gasteiger partial charge is 0.243 e. The summed E-state index contributed by atoms with van der Waals surface area (Å²) in [5, 5.41) is 16.3. The molecule has 0 spiro atoms. The summed E-state index contributed by atoms with van der Waals surface area (Å²) in [5.74, 6) is 1.50. The third-order valence-electron chi connectivity index (χ3n) is 4.91. The lowest BCUT2D eigenvalue weighted by Crippen LogP contribution is -2.49. The lowest BCUT2D eigenvalue weighted by Gasteiger charge is -2.34. The first kappa shape index (κ1) is 21.1. The molecule has 0 unspecified atom stereocenters. The van der Waals surface area contributed by atoms with Gasteiger partial charge in [0.15, 0.2) is 0 Å². The van der Waals surface area contributed by atoms with E-state index in [0.29, 0.717) is 18.9 Å². The van der Waals surface area contributed by atoms with Crippen molar-refractivity contribution in [2.75, 3.05) is 42.9 Å². The number of piperazine rings is 1. The normalized spacial score (nSPS) is 15.3. The van der Waals surface area contributed by atoms with E-state index in [0.717, 1.165) is 24.2 Å². The average Bonchev–Trinajstić information content (AvgIpc) is 3.28. The van der Waals surface area contributed by atoms with Crippen molar-refractivity contribution in [2.24, 2.45) is 0 Å². The Morgan fingerprint density at radius 2 is 1.94 bits per heavy atom. The fourth-order valence-corrected chi connectivity index (χ4v) is 4.85. The summed E-state index contributed by atoms with van der Waals surface area (Å²) in [5.41, 5.74) is -0.0270. The van der Waals surface area contributed by atoms with Gasteiger partial charge in [-0.1, -0.05) is 0 Å². The van der Waals surface area contributed by atoms with Gasteiger partial charge < -0.3 is 10.2 Å². The Labute approximate surface area is 178 Å². The first-order valence-electron chi connectivity index (χ1n) is 9.76. The number of aryl methyl sites for hydroxylation is 1. The van der Waals surface area contributed by atoms with Gasteiger partial charge in [-0.2, -0.15) is 9.52 Å². The van der Waals surface area contributed by atoms with Crippen LogP contribution in [0.5, 0.6) is 0 Å². The van der Waals surface area contributed by atoms with Gasteiger partial charge in [-0.05, 0) is 37.3 Å². The number of rotatable bonds is 6. The van der Waals surface area contributed by atoms with Crippen LogP contribution in [0.2, 0.25) is 0 Å². The second-order valence-corrected chi connectivity index (χ2v) is 8.90. The van der Waals surface area contributed by atoms with Gasteiger partial charge >= 0.3 is 0 Å². The SMILES string of the molecule is CCNc1cc(N2CCN(S(=O)(=O)c3ccc(F)c(-c4nn[nH]n4)c3)CC2)nc(C)n1. The van der Waals surface area contributed by atoms with Gasteiger partial charge in [-0.3, -0.25) is 0 Å². The van der Waals surface area contributed by atoms with Crippen molar-refractivity contribution < 1.29 is 12.8 Å². The van der Waals surface area contributed by atoms with E-state index in [4.69, 9.17) is 0 Å². The second kappa shape index (κ2) is 8.51. The molecule has 1 aliphatic rings. The number of nitrogens with one attached hydrogen (secondary N) is 2. The van der Waals surface area contributed by atoms with Crippen molar-refractivity contribution in [3.63, 3.8) is 0 Å². The van der Waals surface area contributed by atoms with E-state index >= 15 is 0 Å². The van der Waals surface area contributed by atoms with Crippen LogP contribution in [0.3, 0.4) is 0 Å². The molecule has 1 saturated heterocycles. The monoisotopic (exact) mass is 447 g/mol. The zero-order chi connectivity index (χ0) is 22.0. The van der Waals surface area contributed by atoms with Gasteiger partial charge in [0, 0.05) is 38.8 Å². The van der Waals surface area contributed by atoms with Crippen LogP contribution >= 0.6 is 0 Å². The summed E-state index contributed by atoms with van der Waals surface area (Å²) in [6.07, 6.45) is 0. The number of tetrazole rings is 1. The van der Waals surface area contributed by atoms with Gasteiger partial charge in [-0.25, -0.2) is 22.8 Å². The number of aromatic amines is 1. The molecule has 0 saturated carbocycles. The molecular formula is C18H22FN9O2S. The van der Waals surface area contributed by atoms with Crippen LogP contribution in [0.1, 0.15) is 12.7 Å². The van der Waals surface area contributed by atoms with Crippen LogP contribution in [0, 0.1) is 12.7 Å². The maximum Gasteiger partial charge on any atom is 0.243 e. The van der Waals surface area contributed by atoms with Crippen LogP contribution < -0.4 is 10.2 Å². The maximum absolute atomic E-state index is 14.2. The van der Waals surface area contributed by atoms with Crippen LogP contribution in [-0.4, -0.2) is 76.0 Å². The van der Waals surface area contributed by atoms with Crippen molar-refractivity contribution >= 4 is 21.7 Å². The molecular weight excluding hydrogens is 425 g/mol. The number of H-pyrrole nitrogens is 1. The first-order valence-corrected chi connectivity index (χ1v) is 11.2. The van der Waals surface area contributed by atoms with Crippen molar-refractivity contribution in [2.45, 2.75) is 18.7 Å². The van der Waals surface area contributed by atoms with Gasteiger partial charge in [0.25, 0.3) is 0 Å². The van der Waals surface area contributed by atoms with Gasteiger partial charge in [0.1, 0.15) is 23.3 Å². The summed E-state index contributed by atoms with van der Waals surface area (Å²) < 4.78 is 41.8. The van der Waals surface area contributed by atoms with Crippen molar-refractivity contribution in [3.05, 3.63) is 35.9 Å². The van der Waals surface area contributed by atoms with Crippen molar-refractivity contribution in [3.8, 4) is 11.4 Å². The summed E-state index contributed by atoms with van der Waals surface area (Å²) in [6, 6.07) is 5.44. The summed E-state index contributed by atoms with van der Waals surface area (Å²) in [4.78, 5) is 10.8. The Bertz CT molecular complexity index is 1160. The number of hydrogen-bond acceptors (Lipinski definition) is 9. The van der Waals surface area contributed by atoms with E-state index in [1.165, 1.54) is 16.4 Å². The number of halogens is 1. The molecule has 11 nitrogen and oxygen atoms in total. The van der Waals surface area contributed by atoms with E-state index in [-0.39, 0.29) is 29.4 Å². The van der Waals surface area contributed by atoms with Crippen molar-refractivity contribution in [1.82, 2.24) is 34.9 Å². The minimum absolute atomic E-state index is 0.00464. The fraction of sp³-hybridized carbons (Fsp3) is 0.389. The highest BCUT2D eigenvalue weighted by atomic mass is 32.2. The molecule has 13 heteroatoms. The van der Waals surface area contributed by atoms with Crippen LogP contribution in [0.4, 0.5) is 16.0 Å². The number of sulfonamides is 1. The molecule has 2 aromatic heterocycles. The maximum atomic E-state index is 14.2. The average molecular weight is 448 g/mol. The van der Waals surface area contributed by atoms with E-state index in [1.807, 2.05) is 24.8 Å². The van der Waals surface area contributed by atoms with Gasteiger partial charge in [-0.15, -0.1) is 10.2 Å². The Hall–Kier alpha value is -3.19. The molecule has 0 atom stereocenters. The Morgan fingerprint density at radius 3 is 2.61 bits per heavy atom. The lowest BCUT2D eigenvalue weighted by atomic mass is 10.2. The zero-order valence-electron chi connectivity index (χ0n) is 17.1. The number of nitrogens with zero attached hydrogens (tertiary/aromatic N) is 7. The number of anilines is 2. The predicted octanol–water partition coefficient (Wildman–Crippen LogP) is 1.05. The molecule has 4 rings (SSSR count). The molecule has 3 aromatic rings. The van der Waals surface area contributed by atoms with Crippen molar-refractivity contribution in [1.29, 1.82) is 0 Å². The molecule has 1 aromatic carbocycles. The fourth-order valence-electron chi connectivity index (χ4n) is 3.40. The molecule has 0 bridgehead atoms. The highest BCUT2D eigenvalue weighted by molar-refractivity contribution is 7.89. The quantitative estimate of drug-likeness (QED) is 0.569. The highest BCUT2D eigenvalue weighted by Crippen LogP contribution is 2.26. The molecule has 0 amide bonds. The first-order chi connectivity index (χ1) is 14.9. The van der Waals surface area contributed by atoms with E-state index in [9.17, 15) is 12.8 Å². The molecule has 0 aliphatic carbocycles. The Balaban J connectivity index is 1.52. The Kier molecular flexibility index (Phi) is 5.78. The van der Waals surface area contributed by atoms with E-state index in [2.05, 4.69) is 35.9 Å². The third-order valence-corrected chi connectivity index (χ3v) is 6.80. The highest BCUT2D eigenvalue weighted by Gasteiger charge is 2.30. The van der Waals surface area contributed by atoms with E-state index in [1.54, 1.807) is 0 Å². The molecule has 1 aliphatic heterocycles. The Morgan fingerprint density at radius 1 is 1.16 bits per heavy atom. The third kappa shape index (κ3) is 4.32. The molecule has 164 valence electrons. The standard InChI is InChI=1S/C18H22FN9O2S/c1-3-20-16-11-17(22-12(2)21-16)27-6-8-28(9-7-27)31(29,30)13-4-5-15(19)14(10-13)18-23-25-26-24-18/h4-5,10-11H,3,6-9H2,1-2H3,(H,20,21,22)(H,23,24,25,26). The number of hydrogen-bond donors (Lipinski definition) is 2. The lowest BCUT2D eigenvalue weighted by molar-refractivity contribution is 0.383. The molecule has 1 fully saturated rings. The largest absolute Gasteiger partial charge is 0.370 e. The molecule has 2 N–H and O–H groups in total. The number of aromatic nitrogens is 6. The topological polar surface area (TPSA) is 133 Å². The van der Waals surface area contributed by atoms with Crippen LogP contribution in [-0.2, 0) is 10.0 Å². The van der Waals surface area contributed by atoms with Gasteiger partial charge in [0.05, 0.1) is 10.5 Å². The zero-order valence-corrected chi connectivity index (χ0v) is 17.9. The number of benzene rings is 1. The summed E-state index contributed by atoms with van der Waals surface area (Å²) in [6.45, 7) is 6.04. The van der Waals surface area contributed by atoms with Crippen LogP contribution in [0.15, 0.2) is 29.2 Å². The summed E-state index contributed by atoms with van der Waals surface area (Å²) >= 11 is 0. The molecule has 31 heavy (non-hydrogen) atoms. The van der Waals surface area contributed by atoms with E-state index < -0.39 is 15.8 Å². The second-order valence-electron chi connectivity index (χ2n) is 6.96. The van der Waals surface area contributed by atoms with Gasteiger partial charge in [0.2, 0.25) is 15.8 Å². The van der Waals surface area contributed by atoms with Crippen LogP contribution in [0.25, 0.3) is 11.4 Å².